The summed E-state index contributed by atoms with van der Waals surface area (Å²) in [5, 5.41) is 11.7. The molecule has 0 bridgehead atoms. The van der Waals surface area contributed by atoms with Gasteiger partial charge < -0.3 is 14.6 Å². The van der Waals surface area contributed by atoms with E-state index >= 15 is 0 Å². The molecule has 1 aliphatic heterocycles. The molecule has 0 N–H and O–H groups in total. The van der Waals surface area contributed by atoms with Crippen LogP contribution < -0.4 is 56.5 Å². The molecule has 0 aromatic carbocycles. The van der Waals surface area contributed by atoms with Crippen molar-refractivity contribution < 1.29 is 85.1 Å². The molecule has 1 aliphatic carbocycles. The Morgan fingerprint density at radius 1 is 1.30 bits per heavy atom. The molecule has 8 heteroatoms. The Balaban J connectivity index is 0.00000264. The van der Waals surface area contributed by atoms with E-state index in [-0.39, 0.29) is 79.4 Å². The maximum Gasteiger partial charge on any atom is 1.00 e. The number of rotatable bonds is 3. The smallest absolute Gasteiger partial charge is 0.870 e. The van der Waals surface area contributed by atoms with Gasteiger partial charge in [-0.15, -0.1) is 0 Å². The molecule has 1 heterocycles. The average molecular weight is 342 g/mol. The van der Waals surface area contributed by atoms with Crippen LogP contribution in [-0.4, -0.2) is 30.6 Å². The van der Waals surface area contributed by atoms with Crippen molar-refractivity contribution in [2.75, 3.05) is 7.11 Å². The van der Waals surface area contributed by atoms with Crippen molar-refractivity contribution in [3.05, 3.63) is 46.0 Å². The number of ether oxygens (including phenoxy) is 2. The average Bonchev–Trinajstić information content (AvgIpc) is 2.79. The first-order chi connectivity index (χ1) is 10.3. The Morgan fingerprint density at radius 2 is 1.91 bits per heavy atom. The second kappa shape index (κ2) is 7.50. The van der Waals surface area contributed by atoms with Crippen LogP contribution in [0, 0.1) is 0 Å². The minimum absolute atomic E-state index is 0. The van der Waals surface area contributed by atoms with E-state index in [1.807, 2.05) is 0 Å². The van der Waals surface area contributed by atoms with Gasteiger partial charge in [0.2, 0.25) is 0 Å². The molecular formula is C15H11KO7. The Morgan fingerprint density at radius 3 is 2.48 bits per heavy atom. The van der Waals surface area contributed by atoms with Gasteiger partial charge in [-0.1, -0.05) is 5.76 Å². The molecule has 0 aromatic heterocycles. The number of allylic oxidation sites excluding steroid dienone is 3. The standard InChI is InChI=1S/C15H12O7.K/c1-6(14(19)21-3)4-8(16)12-11-7(2)13(18)9(17)5-10(11)22-15(12)20;/h4-5,18H,1-3H3;/q;+1/p-1/b6-4-;. The number of fused-ring (bicyclic) bond motifs is 1. The summed E-state index contributed by atoms with van der Waals surface area (Å²) in [5.74, 6) is -4.25. The van der Waals surface area contributed by atoms with E-state index in [1.54, 1.807) is 0 Å². The third-order valence-corrected chi connectivity index (χ3v) is 3.21. The molecule has 0 spiro atoms. The van der Waals surface area contributed by atoms with Crippen molar-refractivity contribution in [2.24, 2.45) is 0 Å². The van der Waals surface area contributed by atoms with Crippen molar-refractivity contribution in [1.82, 2.24) is 0 Å². The molecule has 0 unspecified atom stereocenters. The van der Waals surface area contributed by atoms with E-state index in [0.717, 1.165) is 19.3 Å². The molecule has 23 heavy (non-hydrogen) atoms. The largest absolute Gasteiger partial charge is 1.00 e. The van der Waals surface area contributed by atoms with Gasteiger partial charge in [0.15, 0.2) is 11.6 Å². The zero-order valence-electron chi connectivity index (χ0n) is 13.0. The molecular weight excluding hydrogens is 331 g/mol. The van der Waals surface area contributed by atoms with Gasteiger partial charge in [0.25, 0.3) is 0 Å². The summed E-state index contributed by atoms with van der Waals surface area (Å²) in [4.78, 5) is 46.7. The zero-order chi connectivity index (χ0) is 16.6. The van der Waals surface area contributed by atoms with Gasteiger partial charge in [0, 0.05) is 17.2 Å². The fraction of sp³-hybridized carbons (Fsp3) is 0.200. The normalized spacial score (nSPS) is 17.3. The van der Waals surface area contributed by atoms with Gasteiger partial charge in [-0.2, -0.15) is 0 Å². The monoisotopic (exact) mass is 342 g/mol. The summed E-state index contributed by atoms with van der Waals surface area (Å²) in [6.45, 7) is 2.67. The van der Waals surface area contributed by atoms with E-state index in [2.05, 4.69) is 4.74 Å². The molecule has 7 nitrogen and oxygen atoms in total. The summed E-state index contributed by atoms with van der Waals surface area (Å²) >= 11 is 0. The van der Waals surface area contributed by atoms with Crippen molar-refractivity contribution in [2.45, 2.75) is 13.8 Å². The van der Waals surface area contributed by atoms with Gasteiger partial charge in [0.1, 0.15) is 11.3 Å². The zero-order valence-corrected chi connectivity index (χ0v) is 16.1. The second-order valence-electron chi connectivity index (χ2n) is 4.65. The maximum absolute atomic E-state index is 12.2. The van der Waals surface area contributed by atoms with E-state index in [9.17, 15) is 24.3 Å². The summed E-state index contributed by atoms with van der Waals surface area (Å²) in [5.41, 5.74) is -0.441. The quantitative estimate of drug-likeness (QED) is 0.228. The molecule has 114 valence electrons. The van der Waals surface area contributed by atoms with Crippen LogP contribution in [0.2, 0.25) is 0 Å². The first-order valence-corrected chi connectivity index (χ1v) is 6.20. The Kier molecular flexibility index (Phi) is 6.43. The topological polar surface area (TPSA) is 110 Å². The number of esters is 2. The molecule has 0 fully saturated rings. The van der Waals surface area contributed by atoms with E-state index < -0.39 is 29.3 Å². The SMILES string of the molecule is COC(=O)/C(C)=C\C(=O)C1=C2C(=CC(=O)C([O-])=C2C)OC1=O.[K+]. The predicted octanol–water partition coefficient (Wildman–Crippen LogP) is -3.37. The van der Waals surface area contributed by atoms with Crippen molar-refractivity contribution in [1.29, 1.82) is 0 Å². The van der Waals surface area contributed by atoms with Crippen LogP contribution in [0.15, 0.2) is 46.0 Å². The first-order valence-electron chi connectivity index (χ1n) is 6.20. The molecule has 2 rings (SSSR count). The van der Waals surface area contributed by atoms with Crippen LogP contribution in [0.3, 0.4) is 0 Å². The van der Waals surface area contributed by atoms with Crippen LogP contribution in [0.5, 0.6) is 0 Å². The first kappa shape index (κ1) is 19.7. The third-order valence-electron chi connectivity index (χ3n) is 3.21. The van der Waals surface area contributed by atoms with Crippen molar-refractivity contribution in [3.8, 4) is 0 Å². The molecule has 0 saturated carbocycles. The predicted molar refractivity (Wildman–Crippen MR) is 69.7 cm³/mol. The maximum atomic E-state index is 12.2. The van der Waals surface area contributed by atoms with Crippen LogP contribution in [-0.2, 0) is 28.7 Å². The van der Waals surface area contributed by atoms with E-state index in [1.165, 1.54) is 13.8 Å². The number of carbonyl (C=O) groups is 4. The fourth-order valence-electron chi connectivity index (χ4n) is 2.10. The molecule has 0 aromatic rings. The third kappa shape index (κ3) is 3.61. The van der Waals surface area contributed by atoms with Crippen LogP contribution >= 0.6 is 0 Å². The van der Waals surface area contributed by atoms with Gasteiger partial charge in [-0.25, -0.2) is 9.59 Å². The summed E-state index contributed by atoms with van der Waals surface area (Å²) in [6.07, 6.45) is 1.80. The summed E-state index contributed by atoms with van der Waals surface area (Å²) < 4.78 is 9.30. The van der Waals surface area contributed by atoms with Crippen LogP contribution in [0.4, 0.5) is 0 Å². The van der Waals surface area contributed by atoms with Crippen molar-refractivity contribution >= 4 is 23.5 Å². The van der Waals surface area contributed by atoms with E-state index in [0.29, 0.717) is 0 Å². The Bertz CT molecular complexity index is 750. The van der Waals surface area contributed by atoms with E-state index in [4.69, 9.17) is 4.74 Å². The number of hydrogen-bond donors (Lipinski definition) is 0. The Labute approximate surface area is 174 Å². The summed E-state index contributed by atoms with van der Waals surface area (Å²) in [7, 11) is 1.15. The Hall–Kier alpha value is -1.32. The number of hydrogen-bond acceptors (Lipinski definition) is 7. The molecule has 0 atom stereocenters. The number of carbonyl (C=O) groups excluding carboxylic acids is 4. The van der Waals surface area contributed by atoms with Crippen molar-refractivity contribution in [3.63, 3.8) is 0 Å². The van der Waals surface area contributed by atoms with Gasteiger partial charge in [-0.3, -0.25) is 9.59 Å². The van der Waals surface area contributed by atoms with Crippen LogP contribution in [0.1, 0.15) is 13.8 Å². The summed E-state index contributed by atoms with van der Waals surface area (Å²) in [6, 6.07) is 0. The number of methoxy groups -OCH3 is 1. The molecule has 0 radical (unpaired) electrons. The molecule has 0 amide bonds. The minimum Gasteiger partial charge on any atom is -0.870 e. The van der Waals surface area contributed by atoms with Crippen LogP contribution in [0.25, 0.3) is 0 Å². The fourth-order valence-corrected chi connectivity index (χ4v) is 2.10. The van der Waals surface area contributed by atoms with Gasteiger partial charge in [-0.05, 0) is 25.5 Å². The van der Waals surface area contributed by atoms with Gasteiger partial charge >= 0.3 is 63.3 Å². The minimum atomic E-state index is -0.970. The molecule has 2 aliphatic rings. The molecule has 0 saturated heterocycles. The number of ketones is 2. The van der Waals surface area contributed by atoms with Gasteiger partial charge in [0.05, 0.1) is 7.11 Å². The second-order valence-corrected chi connectivity index (χ2v) is 4.65.